The van der Waals surface area contributed by atoms with Crippen LogP contribution in [0.2, 0.25) is 0 Å². The lowest BCUT2D eigenvalue weighted by molar-refractivity contribution is 0.0943. The molecule has 0 atom stereocenters. The summed E-state index contributed by atoms with van der Waals surface area (Å²) in [6, 6.07) is 9.25. The molecule has 2 rings (SSSR count). The Labute approximate surface area is 123 Å². The number of hydrogen-bond acceptors (Lipinski definition) is 3. The third-order valence-electron chi connectivity index (χ3n) is 3.01. The monoisotopic (exact) mass is 285 g/mol. The van der Waals surface area contributed by atoms with Gasteiger partial charge in [0.2, 0.25) is 0 Å². The highest BCUT2D eigenvalue weighted by Crippen LogP contribution is 2.16. The van der Waals surface area contributed by atoms with E-state index >= 15 is 0 Å². The molecule has 2 aromatic rings. The molecule has 0 radical (unpaired) electrons. The largest absolute Gasteiger partial charge is 0.351 e. The molecular weight excluding hydrogens is 266 g/mol. The summed E-state index contributed by atoms with van der Waals surface area (Å²) in [6.07, 6.45) is 0. The van der Waals surface area contributed by atoms with E-state index in [2.05, 4.69) is 15.3 Å². The number of hydrogen-bond donors (Lipinski definition) is 2. The van der Waals surface area contributed by atoms with Gasteiger partial charge in [-0.05, 0) is 18.9 Å². The Morgan fingerprint density at radius 2 is 1.95 bits per heavy atom. The second kappa shape index (κ2) is 6.35. The van der Waals surface area contributed by atoms with Crippen molar-refractivity contribution in [3.05, 3.63) is 52.1 Å². The van der Waals surface area contributed by atoms with Gasteiger partial charge in [-0.2, -0.15) is 4.98 Å². The highest BCUT2D eigenvalue weighted by atomic mass is 16.2. The van der Waals surface area contributed by atoms with Crippen LogP contribution in [0.5, 0.6) is 0 Å². The maximum Gasteiger partial charge on any atom is 0.346 e. The number of benzene rings is 1. The molecule has 0 aliphatic carbocycles. The molecule has 1 aromatic heterocycles. The minimum absolute atomic E-state index is 0.228. The Kier molecular flexibility index (Phi) is 4.52. The fraction of sp³-hybridized carbons (Fsp3) is 0.312. The maximum absolute atomic E-state index is 12.0. The zero-order chi connectivity index (χ0) is 15.4. The molecule has 0 spiro atoms. The third-order valence-corrected chi connectivity index (χ3v) is 3.01. The molecule has 1 aromatic carbocycles. The zero-order valence-corrected chi connectivity index (χ0v) is 12.4. The topological polar surface area (TPSA) is 74.8 Å². The van der Waals surface area contributed by atoms with Crippen LogP contribution in [0.3, 0.4) is 0 Å². The number of nitrogens with zero attached hydrogens (tertiary/aromatic N) is 1. The lowest BCUT2D eigenvalue weighted by Gasteiger charge is -2.08. The first-order chi connectivity index (χ1) is 9.95. The SMILES string of the molecule is Cc1ccc(-c2cc(C(=O)NCC(C)C)[nH]c(=O)n2)cc1. The molecule has 0 bridgehead atoms. The first-order valence-corrected chi connectivity index (χ1v) is 6.92. The van der Waals surface area contributed by atoms with Crippen LogP contribution < -0.4 is 11.0 Å². The van der Waals surface area contributed by atoms with Crippen molar-refractivity contribution in [1.82, 2.24) is 15.3 Å². The van der Waals surface area contributed by atoms with Crippen molar-refractivity contribution >= 4 is 5.91 Å². The highest BCUT2D eigenvalue weighted by molar-refractivity contribution is 5.93. The average Bonchev–Trinajstić information content (AvgIpc) is 2.44. The van der Waals surface area contributed by atoms with E-state index in [0.717, 1.165) is 11.1 Å². The van der Waals surface area contributed by atoms with Crippen molar-refractivity contribution in [3.8, 4) is 11.3 Å². The Balaban J connectivity index is 2.31. The molecule has 0 aliphatic rings. The van der Waals surface area contributed by atoms with Gasteiger partial charge in [0.1, 0.15) is 5.69 Å². The molecule has 5 nitrogen and oxygen atoms in total. The van der Waals surface area contributed by atoms with Crippen LogP contribution in [0.1, 0.15) is 29.9 Å². The second-order valence-electron chi connectivity index (χ2n) is 5.46. The molecule has 1 heterocycles. The van der Waals surface area contributed by atoms with Crippen molar-refractivity contribution in [1.29, 1.82) is 0 Å². The molecule has 5 heteroatoms. The first kappa shape index (κ1) is 15.0. The highest BCUT2D eigenvalue weighted by Gasteiger charge is 2.10. The van der Waals surface area contributed by atoms with E-state index in [1.54, 1.807) is 6.07 Å². The van der Waals surface area contributed by atoms with Crippen LogP contribution in [0, 0.1) is 12.8 Å². The Hall–Kier alpha value is -2.43. The summed E-state index contributed by atoms with van der Waals surface area (Å²) in [5, 5.41) is 2.78. The summed E-state index contributed by atoms with van der Waals surface area (Å²) in [5.41, 5.74) is 2.13. The van der Waals surface area contributed by atoms with E-state index in [1.165, 1.54) is 0 Å². The minimum Gasteiger partial charge on any atom is -0.351 e. The number of carbonyl (C=O) groups is 1. The van der Waals surface area contributed by atoms with Gasteiger partial charge in [0.25, 0.3) is 5.91 Å². The van der Waals surface area contributed by atoms with Crippen LogP contribution >= 0.6 is 0 Å². The summed E-state index contributed by atoms with van der Waals surface area (Å²) in [6.45, 7) is 6.56. The van der Waals surface area contributed by atoms with Gasteiger partial charge in [-0.25, -0.2) is 4.79 Å². The number of aromatic amines is 1. The van der Waals surface area contributed by atoms with Crippen LogP contribution in [-0.2, 0) is 0 Å². The van der Waals surface area contributed by atoms with Gasteiger partial charge < -0.3 is 10.3 Å². The third kappa shape index (κ3) is 4.02. The lowest BCUT2D eigenvalue weighted by atomic mass is 10.1. The van der Waals surface area contributed by atoms with E-state index in [1.807, 2.05) is 45.0 Å². The number of nitrogens with one attached hydrogen (secondary N) is 2. The van der Waals surface area contributed by atoms with Gasteiger partial charge in [-0.15, -0.1) is 0 Å². The molecule has 1 amide bonds. The maximum atomic E-state index is 12.0. The van der Waals surface area contributed by atoms with E-state index in [4.69, 9.17) is 0 Å². The minimum atomic E-state index is -0.525. The summed E-state index contributed by atoms with van der Waals surface area (Å²) in [7, 11) is 0. The fourth-order valence-electron chi connectivity index (χ4n) is 1.84. The van der Waals surface area contributed by atoms with E-state index < -0.39 is 5.69 Å². The summed E-state index contributed by atoms with van der Waals surface area (Å²) in [5.74, 6) is 0.0515. The van der Waals surface area contributed by atoms with E-state index in [9.17, 15) is 9.59 Å². The number of amides is 1. The number of carbonyl (C=O) groups excluding carboxylic acids is 1. The fourth-order valence-corrected chi connectivity index (χ4v) is 1.84. The molecule has 2 N–H and O–H groups in total. The quantitative estimate of drug-likeness (QED) is 0.903. The van der Waals surface area contributed by atoms with Gasteiger partial charge in [-0.3, -0.25) is 4.79 Å². The van der Waals surface area contributed by atoms with Crippen molar-refractivity contribution in [2.24, 2.45) is 5.92 Å². The van der Waals surface area contributed by atoms with E-state index in [0.29, 0.717) is 18.2 Å². The number of H-pyrrole nitrogens is 1. The van der Waals surface area contributed by atoms with Gasteiger partial charge in [0, 0.05) is 12.1 Å². The Morgan fingerprint density at radius 1 is 1.29 bits per heavy atom. The first-order valence-electron chi connectivity index (χ1n) is 6.92. The van der Waals surface area contributed by atoms with Crippen molar-refractivity contribution in [2.45, 2.75) is 20.8 Å². The zero-order valence-electron chi connectivity index (χ0n) is 12.4. The molecule has 110 valence electrons. The number of aryl methyl sites for hydroxylation is 1. The molecule has 0 unspecified atom stereocenters. The van der Waals surface area contributed by atoms with Gasteiger partial charge in [-0.1, -0.05) is 43.7 Å². The molecule has 0 saturated heterocycles. The van der Waals surface area contributed by atoms with Gasteiger partial charge in [0.05, 0.1) is 5.69 Å². The Morgan fingerprint density at radius 3 is 2.57 bits per heavy atom. The van der Waals surface area contributed by atoms with E-state index in [-0.39, 0.29) is 11.6 Å². The molecular formula is C16H19N3O2. The molecule has 0 aliphatic heterocycles. The van der Waals surface area contributed by atoms with Gasteiger partial charge >= 0.3 is 5.69 Å². The smallest absolute Gasteiger partial charge is 0.346 e. The predicted molar refractivity (Wildman–Crippen MR) is 82.2 cm³/mol. The molecule has 21 heavy (non-hydrogen) atoms. The van der Waals surface area contributed by atoms with Gasteiger partial charge in [0.15, 0.2) is 0 Å². The van der Waals surface area contributed by atoms with Crippen LogP contribution in [0.15, 0.2) is 35.1 Å². The summed E-state index contributed by atoms with van der Waals surface area (Å²) < 4.78 is 0. The van der Waals surface area contributed by atoms with Crippen LogP contribution in [0.4, 0.5) is 0 Å². The van der Waals surface area contributed by atoms with Crippen molar-refractivity contribution in [3.63, 3.8) is 0 Å². The van der Waals surface area contributed by atoms with Crippen LogP contribution in [-0.4, -0.2) is 22.4 Å². The average molecular weight is 285 g/mol. The predicted octanol–water partition coefficient (Wildman–Crippen LogP) is 2.13. The number of aromatic nitrogens is 2. The lowest BCUT2D eigenvalue weighted by Crippen LogP contribution is -2.30. The summed E-state index contributed by atoms with van der Waals surface area (Å²) in [4.78, 5) is 30.1. The Bertz CT molecular complexity index is 687. The summed E-state index contributed by atoms with van der Waals surface area (Å²) >= 11 is 0. The number of rotatable bonds is 4. The van der Waals surface area contributed by atoms with Crippen molar-refractivity contribution < 1.29 is 4.79 Å². The standard InChI is InChI=1S/C16H19N3O2/c1-10(2)9-17-15(20)14-8-13(18-16(21)19-14)12-6-4-11(3)5-7-12/h4-8,10H,9H2,1-3H3,(H,17,20)(H,18,19,21). The second-order valence-corrected chi connectivity index (χ2v) is 5.46. The van der Waals surface area contributed by atoms with Crippen molar-refractivity contribution in [2.75, 3.05) is 6.54 Å². The normalized spacial score (nSPS) is 10.7. The van der Waals surface area contributed by atoms with Crippen LogP contribution in [0.25, 0.3) is 11.3 Å². The molecule has 0 saturated carbocycles. The molecule has 0 fully saturated rings.